The Morgan fingerprint density at radius 1 is 1.11 bits per heavy atom. The van der Waals surface area contributed by atoms with E-state index in [0.29, 0.717) is 5.69 Å². The highest BCUT2D eigenvalue weighted by atomic mass is 32.2. The van der Waals surface area contributed by atoms with Crippen LogP contribution in [0.2, 0.25) is 0 Å². The molecule has 0 radical (unpaired) electrons. The summed E-state index contributed by atoms with van der Waals surface area (Å²) in [6.07, 6.45) is -1.07. The van der Waals surface area contributed by atoms with Gasteiger partial charge in [-0.3, -0.25) is 14.8 Å². The van der Waals surface area contributed by atoms with Gasteiger partial charge in [-0.05, 0) is 42.6 Å². The number of H-pyrrole nitrogens is 1. The molecule has 3 heterocycles. The lowest BCUT2D eigenvalue weighted by Gasteiger charge is -2.11. The lowest BCUT2D eigenvalue weighted by atomic mass is 10.1. The summed E-state index contributed by atoms with van der Waals surface area (Å²) in [7, 11) is 1.88. The van der Waals surface area contributed by atoms with Gasteiger partial charge in [-0.15, -0.1) is 0 Å². The molecular weight excluding hydrogens is 389 g/mol. The third-order valence-electron chi connectivity index (χ3n) is 4.26. The molecule has 144 valence electrons. The number of benzene rings is 1. The highest BCUT2D eigenvalue weighted by Gasteiger charge is 2.33. The van der Waals surface area contributed by atoms with Crippen molar-refractivity contribution >= 4 is 28.5 Å². The molecule has 4 aromatic rings. The fourth-order valence-corrected chi connectivity index (χ4v) is 3.52. The van der Waals surface area contributed by atoms with Crippen LogP contribution >= 0.6 is 11.9 Å². The van der Waals surface area contributed by atoms with E-state index in [0.717, 1.165) is 33.1 Å². The lowest BCUT2D eigenvalue weighted by Crippen LogP contribution is -2.04. The molecule has 4 rings (SSSR count). The second-order valence-corrected chi connectivity index (χ2v) is 7.09. The second kappa shape index (κ2) is 6.86. The van der Waals surface area contributed by atoms with Crippen LogP contribution in [0, 0.1) is 6.92 Å². The third-order valence-corrected chi connectivity index (χ3v) is 5.05. The summed E-state index contributed by atoms with van der Waals surface area (Å²) in [4.78, 5) is 5.03. The molecule has 0 saturated carbocycles. The number of fused-ring (bicyclic) bond motifs is 1. The quantitative estimate of drug-likeness (QED) is 0.478. The number of hydrogen-bond acceptors (Lipinski definition) is 5. The average Bonchev–Trinajstić information content (AvgIpc) is 3.29. The van der Waals surface area contributed by atoms with E-state index in [1.165, 1.54) is 11.9 Å². The Bertz CT molecular complexity index is 1130. The summed E-state index contributed by atoms with van der Waals surface area (Å²) in [5.41, 5.74) is 2.63. The van der Waals surface area contributed by atoms with Gasteiger partial charge in [0.05, 0.1) is 23.1 Å². The number of nitrogens with zero attached hydrogens (tertiary/aromatic N) is 4. The van der Waals surface area contributed by atoms with Gasteiger partial charge < -0.3 is 4.72 Å². The maximum atomic E-state index is 12.7. The van der Waals surface area contributed by atoms with Crippen molar-refractivity contribution in [3.63, 3.8) is 0 Å². The maximum absolute atomic E-state index is 12.7. The molecule has 0 unspecified atom stereocenters. The van der Waals surface area contributed by atoms with Crippen LogP contribution in [-0.2, 0) is 13.2 Å². The number of anilines is 1. The molecule has 28 heavy (non-hydrogen) atoms. The minimum atomic E-state index is -4.46. The van der Waals surface area contributed by atoms with E-state index in [1.54, 1.807) is 24.5 Å². The number of hydrogen-bond donors (Lipinski definition) is 2. The van der Waals surface area contributed by atoms with Crippen molar-refractivity contribution in [3.8, 4) is 11.4 Å². The Hall–Kier alpha value is -3.01. The molecule has 0 saturated heterocycles. The number of pyridine rings is 1. The molecule has 3 aromatic heterocycles. The van der Waals surface area contributed by atoms with Crippen molar-refractivity contribution in [1.29, 1.82) is 0 Å². The zero-order valence-corrected chi connectivity index (χ0v) is 15.7. The van der Waals surface area contributed by atoms with Crippen molar-refractivity contribution in [1.82, 2.24) is 25.0 Å². The first-order chi connectivity index (χ1) is 13.3. The monoisotopic (exact) mass is 404 g/mol. The average molecular weight is 404 g/mol. The number of aryl methyl sites for hydroxylation is 2. The van der Waals surface area contributed by atoms with Crippen LogP contribution < -0.4 is 4.72 Å². The van der Waals surface area contributed by atoms with Gasteiger partial charge in [-0.1, -0.05) is 12.1 Å². The van der Waals surface area contributed by atoms with E-state index in [4.69, 9.17) is 0 Å². The topological polar surface area (TPSA) is 71.4 Å². The zero-order valence-electron chi connectivity index (χ0n) is 14.9. The predicted molar refractivity (Wildman–Crippen MR) is 102 cm³/mol. The summed E-state index contributed by atoms with van der Waals surface area (Å²) in [5.74, 6) is 0. The molecule has 1 aromatic carbocycles. The molecule has 2 N–H and O–H groups in total. The van der Waals surface area contributed by atoms with E-state index in [1.807, 2.05) is 35.9 Å². The summed E-state index contributed by atoms with van der Waals surface area (Å²) < 4.78 is 43.2. The molecule has 0 aliphatic carbocycles. The van der Waals surface area contributed by atoms with Crippen molar-refractivity contribution in [2.24, 2.45) is 7.05 Å². The largest absolute Gasteiger partial charge is 0.432 e. The van der Waals surface area contributed by atoms with Crippen LogP contribution in [-0.4, -0.2) is 25.0 Å². The van der Waals surface area contributed by atoms with Gasteiger partial charge in [-0.2, -0.15) is 23.4 Å². The Kier molecular flexibility index (Phi) is 4.50. The van der Waals surface area contributed by atoms with Crippen molar-refractivity contribution in [2.75, 3.05) is 4.72 Å². The standard InChI is InChI=1S/C18H15F3N6S/c1-10-3-4-11-8-23-27(2)17(11)16(10)26-28-12-5-6-13(22-9-12)14-7-15(25-24-14)18(19,20)21/h3-9,26H,1-2H3,(H,24,25). The van der Waals surface area contributed by atoms with Gasteiger partial charge in [0.15, 0.2) is 0 Å². The number of alkyl halides is 3. The Morgan fingerprint density at radius 2 is 1.93 bits per heavy atom. The molecule has 0 aliphatic rings. The molecule has 10 heteroatoms. The third kappa shape index (κ3) is 3.42. The number of nitrogens with one attached hydrogen (secondary N) is 2. The van der Waals surface area contributed by atoms with Crippen molar-refractivity contribution < 1.29 is 13.2 Å². The summed E-state index contributed by atoms with van der Waals surface area (Å²) in [6.45, 7) is 2.01. The molecule has 0 fully saturated rings. The smallest absolute Gasteiger partial charge is 0.323 e. The second-order valence-electron chi connectivity index (χ2n) is 6.21. The van der Waals surface area contributed by atoms with Crippen LogP contribution in [0.5, 0.6) is 0 Å². The number of aromatic nitrogens is 5. The molecule has 0 atom stereocenters. The van der Waals surface area contributed by atoms with Crippen LogP contribution in [0.3, 0.4) is 0 Å². The van der Waals surface area contributed by atoms with E-state index in [-0.39, 0.29) is 5.69 Å². The van der Waals surface area contributed by atoms with Gasteiger partial charge in [0.2, 0.25) is 0 Å². The van der Waals surface area contributed by atoms with Crippen LogP contribution in [0.1, 0.15) is 11.3 Å². The van der Waals surface area contributed by atoms with Crippen LogP contribution in [0.15, 0.2) is 47.6 Å². The normalized spacial score (nSPS) is 11.9. The first kappa shape index (κ1) is 18.4. The SMILES string of the molecule is Cc1ccc2cnn(C)c2c1NSc1ccc(-c2cc(C(F)(F)F)[nH]n2)nc1. The first-order valence-corrected chi connectivity index (χ1v) is 9.08. The maximum Gasteiger partial charge on any atom is 0.432 e. The highest BCUT2D eigenvalue weighted by molar-refractivity contribution is 8.00. The Balaban J connectivity index is 1.52. The number of halogens is 3. The van der Waals surface area contributed by atoms with Gasteiger partial charge in [0.25, 0.3) is 0 Å². The van der Waals surface area contributed by atoms with E-state index >= 15 is 0 Å². The van der Waals surface area contributed by atoms with Gasteiger partial charge in [0, 0.05) is 23.5 Å². The molecule has 0 amide bonds. The minimum absolute atomic E-state index is 0.146. The molecule has 0 spiro atoms. The number of rotatable bonds is 4. The fraction of sp³-hybridized carbons (Fsp3) is 0.167. The van der Waals surface area contributed by atoms with Gasteiger partial charge >= 0.3 is 6.18 Å². The summed E-state index contributed by atoms with van der Waals surface area (Å²) in [5, 5.41) is 11.0. The van der Waals surface area contributed by atoms with Crippen LogP contribution in [0.4, 0.5) is 18.9 Å². The molecule has 6 nitrogen and oxygen atoms in total. The van der Waals surface area contributed by atoms with E-state index < -0.39 is 11.9 Å². The molecule has 0 bridgehead atoms. The molecular formula is C18H15F3N6S. The van der Waals surface area contributed by atoms with Crippen molar-refractivity contribution in [3.05, 3.63) is 54.0 Å². The molecule has 0 aliphatic heterocycles. The van der Waals surface area contributed by atoms with Crippen LogP contribution in [0.25, 0.3) is 22.3 Å². The zero-order chi connectivity index (χ0) is 19.9. The Morgan fingerprint density at radius 3 is 2.61 bits per heavy atom. The summed E-state index contributed by atoms with van der Waals surface area (Å²) in [6, 6.07) is 8.39. The lowest BCUT2D eigenvalue weighted by molar-refractivity contribution is -0.141. The predicted octanol–water partition coefficient (Wildman–Crippen LogP) is 4.80. The Labute approximate surface area is 162 Å². The van der Waals surface area contributed by atoms with Crippen molar-refractivity contribution in [2.45, 2.75) is 18.0 Å². The first-order valence-electron chi connectivity index (χ1n) is 8.26. The highest BCUT2D eigenvalue weighted by Crippen LogP contribution is 2.32. The van der Waals surface area contributed by atoms with Gasteiger partial charge in [0.1, 0.15) is 11.4 Å². The van der Waals surface area contributed by atoms with E-state index in [2.05, 4.69) is 19.9 Å². The van der Waals surface area contributed by atoms with Gasteiger partial charge in [-0.25, -0.2) is 0 Å². The fourth-order valence-electron chi connectivity index (χ4n) is 2.80. The number of aromatic amines is 1. The minimum Gasteiger partial charge on any atom is -0.323 e. The summed E-state index contributed by atoms with van der Waals surface area (Å²) >= 11 is 1.37. The van der Waals surface area contributed by atoms with E-state index in [9.17, 15) is 13.2 Å².